The topological polar surface area (TPSA) is 96.5 Å². The van der Waals surface area contributed by atoms with E-state index in [0.717, 1.165) is 12.8 Å². The fourth-order valence-electron chi connectivity index (χ4n) is 2.97. The summed E-state index contributed by atoms with van der Waals surface area (Å²) in [5.74, 6) is 0.0267. The molecule has 7 heteroatoms. The SMILES string of the molecule is CCCCCCOc1ccc(C(=O)NNC(=O)c2ccc(NC(=O)CC(C)C)cc2)cc1. The number of hydrogen-bond acceptors (Lipinski definition) is 4. The van der Waals surface area contributed by atoms with Crippen LogP contribution in [0.2, 0.25) is 0 Å². The van der Waals surface area contributed by atoms with E-state index in [1.54, 1.807) is 48.5 Å². The highest BCUT2D eigenvalue weighted by atomic mass is 16.5. The van der Waals surface area contributed by atoms with Gasteiger partial charge in [-0.2, -0.15) is 0 Å². The molecule has 0 aromatic heterocycles. The molecule has 0 saturated heterocycles. The molecule has 0 heterocycles. The molecule has 3 amide bonds. The van der Waals surface area contributed by atoms with Gasteiger partial charge in [-0.15, -0.1) is 0 Å². The van der Waals surface area contributed by atoms with E-state index in [0.29, 0.717) is 35.6 Å². The summed E-state index contributed by atoms with van der Waals surface area (Å²) >= 11 is 0. The molecular formula is C25H33N3O4. The Morgan fingerprint density at radius 3 is 1.91 bits per heavy atom. The molecule has 2 aromatic carbocycles. The van der Waals surface area contributed by atoms with Gasteiger partial charge in [0.2, 0.25) is 5.91 Å². The number of benzene rings is 2. The Bertz CT molecular complexity index is 877. The normalized spacial score (nSPS) is 10.5. The van der Waals surface area contributed by atoms with Crippen LogP contribution < -0.4 is 20.9 Å². The molecule has 0 bridgehead atoms. The van der Waals surface area contributed by atoms with Crippen LogP contribution in [0.3, 0.4) is 0 Å². The zero-order valence-corrected chi connectivity index (χ0v) is 19.1. The Labute approximate surface area is 189 Å². The number of carbonyl (C=O) groups excluding carboxylic acids is 3. The van der Waals surface area contributed by atoms with Crippen LogP contribution in [0.25, 0.3) is 0 Å². The minimum atomic E-state index is -0.453. The molecule has 0 aliphatic rings. The third kappa shape index (κ3) is 8.79. The van der Waals surface area contributed by atoms with Crippen LogP contribution >= 0.6 is 0 Å². The second-order valence-corrected chi connectivity index (χ2v) is 8.07. The smallest absolute Gasteiger partial charge is 0.269 e. The number of hydrazine groups is 1. The minimum Gasteiger partial charge on any atom is -0.494 e. The lowest BCUT2D eigenvalue weighted by Gasteiger charge is -2.10. The lowest BCUT2D eigenvalue weighted by atomic mass is 10.1. The van der Waals surface area contributed by atoms with E-state index < -0.39 is 11.8 Å². The molecule has 7 nitrogen and oxygen atoms in total. The molecule has 3 N–H and O–H groups in total. The molecule has 0 aliphatic carbocycles. The van der Waals surface area contributed by atoms with Crippen molar-refractivity contribution in [3.63, 3.8) is 0 Å². The Balaban J connectivity index is 1.78. The maximum Gasteiger partial charge on any atom is 0.269 e. The van der Waals surface area contributed by atoms with Crippen LogP contribution in [0, 0.1) is 5.92 Å². The number of unbranched alkanes of at least 4 members (excludes halogenated alkanes) is 3. The van der Waals surface area contributed by atoms with Crippen LogP contribution in [0.4, 0.5) is 5.69 Å². The fraction of sp³-hybridized carbons (Fsp3) is 0.400. The predicted molar refractivity (Wildman–Crippen MR) is 126 cm³/mol. The number of anilines is 1. The molecule has 0 unspecified atom stereocenters. The van der Waals surface area contributed by atoms with Gasteiger partial charge in [-0.3, -0.25) is 25.2 Å². The van der Waals surface area contributed by atoms with Crippen molar-refractivity contribution in [2.45, 2.75) is 52.9 Å². The highest BCUT2D eigenvalue weighted by Crippen LogP contribution is 2.14. The molecule has 0 aliphatic heterocycles. The maximum atomic E-state index is 12.3. The Morgan fingerprint density at radius 2 is 1.38 bits per heavy atom. The summed E-state index contributed by atoms with van der Waals surface area (Å²) < 4.78 is 5.67. The molecule has 0 atom stereocenters. The third-order valence-corrected chi connectivity index (χ3v) is 4.70. The second-order valence-electron chi connectivity index (χ2n) is 8.07. The van der Waals surface area contributed by atoms with Crippen molar-refractivity contribution < 1.29 is 19.1 Å². The van der Waals surface area contributed by atoms with Crippen LogP contribution in [-0.4, -0.2) is 24.3 Å². The third-order valence-electron chi connectivity index (χ3n) is 4.70. The van der Waals surface area contributed by atoms with Gasteiger partial charge in [-0.25, -0.2) is 0 Å². The van der Waals surface area contributed by atoms with Gasteiger partial charge < -0.3 is 10.1 Å². The summed E-state index contributed by atoms with van der Waals surface area (Å²) in [5.41, 5.74) is 6.18. The molecule has 0 saturated carbocycles. The van der Waals surface area contributed by atoms with Crippen LogP contribution in [0.1, 0.15) is 73.6 Å². The summed E-state index contributed by atoms with van der Waals surface area (Å²) in [5, 5.41) is 2.79. The molecule has 0 radical (unpaired) electrons. The monoisotopic (exact) mass is 439 g/mol. The quantitative estimate of drug-likeness (QED) is 0.349. The average Bonchev–Trinajstić information content (AvgIpc) is 2.77. The first-order valence-electron chi connectivity index (χ1n) is 11.1. The highest BCUT2D eigenvalue weighted by molar-refractivity contribution is 5.99. The number of amides is 3. The Kier molecular flexibility index (Phi) is 10.2. The zero-order chi connectivity index (χ0) is 23.3. The number of ether oxygens (including phenoxy) is 1. The van der Waals surface area contributed by atoms with E-state index in [-0.39, 0.29) is 11.8 Å². The fourth-order valence-corrected chi connectivity index (χ4v) is 2.97. The zero-order valence-electron chi connectivity index (χ0n) is 19.1. The van der Waals surface area contributed by atoms with Gasteiger partial charge in [0.05, 0.1) is 6.61 Å². The molecule has 172 valence electrons. The van der Waals surface area contributed by atoms with Gasteiger partial charge in [0.15, 0.2) is 0 Å². The van der Waals surface area contributed by atoms with Crippen LogP contribution in [-0.2, 0) is 4.79 Å². The average molecular weight is 440 g/mol. The molecule has 0 spiro atoms. The molecular weight excluding hydrogens is 406 g/mol. The van der Waals surface area contributed by atoms with Gasteiger partial charge in [0.25, 0.3) is 11.8 Å². The largest absolute Gasteiger partial charge is 0.494 e. The summed E-state index contributed by atoms with van der Waals surface area (Å²) in [6, 6.07) is 13.2. The van der Waals surface area contributed by atoms with Crippen molar-refractivity contribution in [2.75, 3.05) is 11.9 Å². The van der Waals surface area contributed by atoms with Crippen molar-refractivity contribution in [2.24, 2.45) is 5.92 Å². The summed E-state index contributed by atoms with van der Waals surface area (Å²) in [6.07, 6.45) is 4.97. The van der Waals surface area contributed by atoms with Crippen molar-refractivity contribution in [1.29, 1.82) is 0 Å². The minimum absolute atomic E-state index is 0.0719. The lowest BCUT2D eigenvalue weighted by Crippen LogP contribution is -2.41. The Hall–Kier alpha value is -3.35. The van der Waals surface area contributed by atoms with Crippen molar-refractivity contribution >= 4 is 23.4 Å². The molecule has 32 heavy (non-hydrogen) atoms. The first kappa shape index (κ1) is 24.9. The molecule has 2 rings (SSSR count). The summed E-state index contributed by atoms with van der Waals surface area (Å²) in [7, 11) is 0. The number of hydrogen-bond donors (Lipinski definition) is 3. The Morgan fingerprint density at radius 1 is 0.812 bits per heavy atom. The molecule has 2 aromatic rings. The summed E-state index contributed by atoms with van der Waals surface area (Å²) in [6.45, 7) is 6.76. The predicted octanol–water partition coefficient (Wildman–Crippen LogP) is 4.71. The van der Waals surface area contributed by atoms with Gasteiger partial charge >= 0.3 is 0 Å². The van der Waals surface area contributed by atoms with E-state index in [4.69, 9.17) is 4.74 Å². The van der Waals surface area contributed by atoms with E-state index in [9.17, 15) is 14.4 Å². The molecule has 0 fully saturated rings. The number of rotatable bonds is 11. The first-order chi connectivity index (χ1) is 15.4. The summed E-state index contributed by atoms with van der Waals surface area (Å²) in [4.78, 5) is 36.4. The van der Waals surface area contributed by atoms with Crippen molar-refractivity contribution in [3.8, 4) is 5.75 Å². The van der Waals surface area contributed by atoms with Gasteiger partial charge in [-0.1, -0.05) is 40.0 Å². The van der Waals surface area contributed by atoms with Gasteiger partial charge in [0, 0.05) is 23.2 Å². The van der Waals surface area contributed by atoms with Gasteiger partial charge in [-0.05, 0) is 60.9 Å². The van der Waals surface area contributed by atoms with E-state index >= 15 is 0 Å². The van der Waals surface area contributed by atoms with Crippen molar-refractivity contribution in [3.05, 3.63) is 59.7 Å². The second kappa shape index (κ2) is 13.1. The van der Waals surface area contributed by atoms with Crippen LogP contribution in [0.5, 0.6) is 5.75 Å². The van der Waals surface area contributed by atoms with Crippen LogP contribution in [0.15, 0.2) is 48.5 Å². The van der Waals surface area contributed by atoms with E-state index in [1.165, 1.54) is 12.8 Å². The van der Waals surface area contributed by atoms with Gasteiger partial charge in [0.1, 0.15) is 5.75 Å². The number of carbonyl (C=O) groups is 3. The van der Waals surface area contributed by atoms with E-state index in [2.05, 4.69) is 23.1 Å². The first-order valence-corrected chi connectivity index (χ1v) is 11.1. The lowest BCUT2D eigenvalue weighted by molar-refractivity contribution is -0.116. The van der Waals surface area contributed by atoms with Crippen molar-refractivity contribution in [1.82, 2.24) is 10.9 Å². The standard InChI is InChI=1S/C25H33N3O4/c1-4-5-6-7-16-32-22-14-10-20(11-15-22)25(31)28-27-24(30)19-8-12-21(13-9-19)26-23(29)17-18(2)3/h8-15,18H,4-7,16-17H2,1-3H3,(H,26,29)(H,27,30)(H,28,31). The highest BCUT2D eigenvalue weighted by Gasteiger charge is 2.10. The maximum absolute atomic E-state index is 12.3. The number of nitrogens with one attached hydrogen (secondary N) is 3. The van der Waals surface area contributed by atoms with E-state index in [1.807, 2.05) is 13.8 Å².